The Balaban J connectivity index is 1.49. The minimum Gasteiger partial charge on any atom is -0.484 e. The molecule has 1 saturated heterocycles. The van der Waals surface area contributed by atoms with Crippen LogP contribution < -0.4 is 4.74 Å². The topological polar surface area (TPSA) is 59.0 Å². The van der Waals surface area contributed by atoms with Crippen molar-refractivity contribution in [2.45, 2.75) is 6.61 Å². The number of amides is 1. The fraction of sp³-hybridized carbons (Fsp3) is 0.261. The Morgan fingerprint density at radius 1 is 0.929 bits per heavy atom. The Labute approximate surface area is 164 Å². The molecule has 0 aliphatic carbocycles. The van der Waals surface area contributed by atoms with E-state index in [0.717, 1.165) is 27.5 Å². The van der Waals surface area contributed by atoms with E-state index < -0.39 is 0 Å². The Morgan fingerprint density at radius 3 is 2.39 bits per heavy atom. The van der Waals surface area contributed by atoms with Gasteiger partial charge in [-0.05, 0) is 45.7 Å². The summed E-state index contributed by atoms with van der Waals surface area (Å²) < 4.78 is 11.0. The number of hydrogen-bond acceptors (Lipinski definition) is 4. The van der Waals surface area contributed by atoms with Gasteiger partial charge in [0.05, 0.1) is 19.8 Å². The molecule has 3 aromatic rings. The van der Waals surface area contributed by atoms with Gasteiger partial charge in [0, 0.05) is 13.1 Å². The van der Waals surface area contributed by atoms with E-state index in [0.29, 0.717) is 32.1 Å². The van der Waals surface area contributed by atoms with Crippen molar-refractivity contribution in [3.63, 3.8) is 0 Å². The van der Waals surface area contributed by atoms with E-state index in [4.69, 9.17) is 9.47 Å². The average Bonchev–Trinajstić information content (AvgIpc) is 2.77. The number of carbonyl (C=O) groups excluding carboxylic acids is 1. The molecule has 1 heterocycles. The van der Waals surface area contributed by atoms with Gasteiger partial charge in [0.15, 0.2) is 6.61 Å². The van der Waals surface area contributed by atoms with Crippen LogP contribution in [0.3, 0.4) is 0 Å². The SMILES string of the molecule is O=C(COc1ccc2ccc(-c3ccc(CO)cc3)cc2c1)N1CCOCC1. The number of benzene rings is 3. The van der Waals surface area contributed by atoms with Gasteiger partial charge < -0.3 is 19.5 Å². The van der Waals surface area contributed by atoms with E-state index in [1.807, 2.05) is 42.5 Å². The molecule has 5 nitrogen and oxygen atoms in total. The maximum absolute atomic E-state index is 12.3. The summed E-state index contributed by atoms with van der Waals surface area (Å²) in [5.41, 5.74) is 3.08. The number of morpholine rings is 1. The lowest BCUT2D eigenvalue weighted by Crippen LogP contribution is -2.42. The zero-order valence-corrected chi connectivity index (χ0v) is 15.6. The van der Waals surface area contributed by atoms with Crippen molar-refractivity contribution in [3.05, 3.63) is 66.2 Å². The molecular formula is C23H23NO4. The third-order valence-corrected chi connectivity index (χ3v) is 5.01. The van der Waals surface area contributed by atoms with Gasteiger partial charge in [-0.15, -0.1) is 0 Å². The molecule has 5 heteroatoms. The minimum atomic E-state index is -0.0129. The lowest BCUT2D eigenvalue weighted by Gasteiger charge is -2.26. The van der Waals surface area contributed by atoms with E-state index in [2.05, 4.69) is 18.2 Å². The summed E-state index contributed by atoms with van der Waals surface area (Å²) in [7, 11) is 0. The van der Waals surface area contributed by atoms with Crippen LogP contribution in [-0.2, 0) is 16.1 Å². The van der Waals surface area contributed by atoms with Crippen molar-refractivity contribution in [1.82, 2.24) is 4.90 Å². The number of carbonyl (C=O) groups is 1. The van der Waals surface area contributed by atoms with Crippen LogP contribution in [0.1, 0.15) is 5.56 Å². The summed E-state index contributed by atoms with van der Waals surface area (Å²) in [4.78, 5) is 14.0. The molecule has 1 amide bonds. The number of aliphatic hydroxyl groups excluding tert-OH is 1. The zero-order chi connectivity index (χ0) is 19.3. The summed E-state index contributed by atoms with van der Waals surface area (Å²) in [6.45, 7) is 2.50. The largest absolute Gasteiger partial charge is 0.484 e. The van der Waals surface area contributed by atoms with Gasteiger partial charge in [0.25, 0.3) is 5.91 Å². The summed E-state index contributed by atoms with van der Waals surface area (Å²) >= 11 is 0. The molecule has 0 bridgehead atoms. The molecule has 0 radical (unpaired) electrons. The molecule has 3 aromatic carbocycles. The van der Waals surface area contributed by atoms with E-state index in [1.54, 1.807) is 4.90 Å². The number of aliphatic hydroxyl groups is 1. The Morgan fingerprint density at radius 2 is 1.64 bits per heavy atom. The first-order valence-corrected chi connectivity index (χ1v) is 9.45. The van der Waals surface area contributed by atoms with Gasteiger partial charge in [-0.2, -0.15) is 0 Å². The molecule has 28 heavy (non-hydrogen) atoms. The van der Waals surface area contributed by atoms with Crippen LogP contribution in [0.4, 0.5) is 0 Å². The molecule has 0 atom stereocenters. The number of ether oxygens (including phenoxy) is 2. The van der Waals surface area contributed by atoms with Crippen molar-refractivity contribution < 1.29 is 19.4 Å². The first-order chi connectivity index (χ1) is 13.7. The number of hydrogen-bond donors (Lipinski definition) is 1. The first-order valence-electron chi connectivity index (χ1n) is 9.45. The van der Waals surface area contributed by atoms with E-state index >= 15 is 0 Å². The quantitative estimate of drug-likeness (QED) is 0.742. The Bertz CT molecular complexity index is 962. The Kier molecular flexibility index (Phi) is 5.55. The molecule has 144 valence electrons. The summed E-state index contributed by atoms with van der Waals surface area (Å²) in [5.74, 6) is 0.669. The van der Waals surface area contributed by atoms with Crippen molar-refractivity contribution >= 4 is 16.7 Å². The fourth-order valence-corrected chi connectivity index (χ4v) is 3.35. The second-order valence-electron chi connectivity index (χ2n) is 6.86. The third kappa shape index (κ3) is 4.16. The molecule has 1 aliphatic rings. The second kappa shape index (κ2) is 8.42. The monoisotopic (exact) mass is 377 g/mol. The molecule has 0 aromatic heterocycles. The second-order valence-corrected chi connectivity index (χ2v) is 6.86. The van der Waals surface area contributed by atoms with E-state index in [1.165, 1.54) is 0 Å². The van der Waals surface area contributed by atoms with Gasteiger partial charge in [-0.3, -0.25) is 4.79 Å². The molecule has 1 N–H and O–H groups in total. The molecule has 0 saturated carbocycles. The van der Waals surface area contributed by atoms with Gasteiger partial charge in [-0.1, -0.05) is 42.5 Å². The highest BCUT2D eigenvalue weighted by atomic mass is 16.5. The van der Waals surface area contributed by atoms with Crippen LogP contribution in [0.15, 0.2) is 60.7 Å². The van der Waals surface area contributed by atoms with Crippen LogP contribution in [0.2, 0.25) is 0 Å². The van der Waals surface area contributed by atoms with Crippen LogP contribution in [0, 0.1) is 0 Å². The summed E-state index contributed by atoms with van der Waals surface area (Å²) in [5, 5.41) is 11.4. The van der Waals surface area contributed by atoms with Crippen LogP contribution >= 0.6 is 0 Å². The van der Waals surface area contributed by atoms with Crippen LogP contribution in [0.25, 0.3) is 21.9 Å². The zero-order valence-electron chi connectivity index (χ0n) is 15.6. The predicted octanol–water partition coefficient (Wildman–Crippen LogP) is 3.24. The van der Waals surface area contributed by atoms with Crippen molar-refractivity contribution in [2.24, 2.45) is 0 Å². The van der Waals surface area contributed by atoms with Crippen LogP contribution in [-0.4, -0.2) is 48.8 Å². The van der Waals surface area contributed by atoms with Crippen molar-refractivity contribution in [3.8, 4) is 16.9 Å². The van der Waals surface area contributed by atoms with Gasteiger partial charge in [0.1, 0.15) is 5.75 Å². The predicted molar refractivity (Wildman–Crippen MR) is 108 cm³/mol. The Hall–Kier alpha value is -2.89. The van der Waals surface area contributed by atoms with Crippen molar-refractivity contribution in [1.29, 1.82) is 0 Å². The van der Waals surface area contributed by atoms with Gasteiger partial charge in [0.2, 0.25) is 0 Å². The molecule has 0 spiro atoms. The first kappa shape index (κ1) is 18.5. The summed E-state index contributed by atoms with van der Waals surface area (Å²) in [6.07, 6.45) is 0. The highest BCUT2D eigenvalue weighted by Crippen LogP contribution is 2.27. The number of rotatable bonds is 5. The molecule has 1 aliphatic heterocycles. The molecule has 1 fully saturated rings. The lowest BCUT2D eigenvalue weighted by atomic mass is 10.0. The minimum absolute atomic E-state index is 0.0129. The fourth-order valence-electron chi connectivity index (χ4n) is 3.35. The lowest BCUT2D eigenvalue weighted by molar-refractivity contribution is -0.137. The highest BCUT2D eigenvalue weighted by Gasteiger charge is 2.17. The van der Waals surface area contributed by atoms with Gasteiger partial charge >= 0.3 is 0 Å². The van der Waals surface area contributed by atoms with Crippen LogP contribution in [0.5, 0.6) is 5.75 Å². The number of nitrogens with zero attached hydrogens (tertiary/aromatic N) is 1. The molecular weight excluding hydrogens is 354 g/mol. The number of fused-ring (bicyclic) bond motifs is 1. The normalized spacial score (nSPS) is 14.2. The van der Waals surface area contributed by atoms with E-state index in [9.17, 15) is 9.90 Å². The standard InChI is InChI=1S/C23H23NO4/c25-15-17-1-3-18(4-2-17)20-6-5-19-7-8-22(14-21(19)13-20)28-16-23(26)24-9-11-27-12-10-24/h1-8,13-14,25H,9-12,15-16H2. The average molecular weight is 377 g/mol. The molecule has 4 rings (SSSR count). The summed E-state index contributed by atoms with van der Waals surface area (Å²) in [6, 6.07) is 20.0. The smallest absolute Gasteiger partial charge is 0.260 e. The van der Waals surface area contributed by atoms with Gasteiger partial charge in [-0.25, -0.2) is 0 Å². The highest BCUT2D eigenvalue weighted by molar-refractivity contribution is 5.88. The maximum atomic E-state index is 12.3. The molecule has 0 unspecified atom stereocenters. The van der Waals surface area contributed by atoms with E-state index in [-0.39, 0.29) is 19.1 Å². The third-order valence-electron chi connectivity index (χ3n) is 5.01. The maximum Gasteiger partial charge on any atom is 0.260 e. The van der Waals surface area contributed by atoms with Crippen molar-refractivity contribution in [2.75, 3.05) is 32.9 Å².